The predicted octanol–water partition coefficient (Wildman–Crippen LogP) is 0.308. The number of carbonyl (C=O) groups is 1. The van der Waals surface area contributed by atoms with Crippen LogP contribution in [0.5, 0.6) is 0 Å². The first-order valence-electron chi connectivity index (χ1n) is 9.20. The minimum Gasteiger partial charge on any atom is -0.390 e. The Labute approximate surface area is 148 Å². The molecule has 7 heteroatoms. The summed E-state index contributed by atoms with van der Waals surface area (Å²) in [5, 5.41) is 10.4. The van der Waals surface area contributed by atoms with Crippen molar-refractivity contribution in [2.75, 3.05) is 26.2 Å². The zero-order valence-electron chi connectivity index (χ0n) is 15.1. The van der Waals surface area contributed by atoms with Gasteiger partial charge in [0.2, 0.25) is 5.91 Å². The molecular formula is C18H28N4O3. The number of aliphatic hydroxyl groups is 1. The van der Waals surface area contributed by atoms with E-state index in [1.54, 1.807) is 16.4 Å². The fourth-order valence-corrected chi connectivity index (χ4v) is 3.99. The van der Waals surface area contributed by atoms with Crippen LogP contribution in [0.25, 0.3) is 0 Å². The van der Waals surface area contributed by atoms with E-state index in [0.29, 0.717) is 25.3 Å². The highest BCUT2D eigenvalue weighted by Crippen LogP contribution is 2.21. The van der Waals surface area contributed by atoms with Crippen LogP contribution < -0.4 is 5.69 Å². The largest absolute Gasteiger partial charge is 0.390 e. The molecule has 0 unspecified atom stereocenters. The molecular weight excluding hydrogens is 320 g/mol. The van der Waals surface area contributed by atoms with Gasteiger partial charge in [-0.2, -0.15) is 4.98 Å². The van der Waals surface area contributed by atoms with Crippen LogP contribution in [0.3, 0.4) is 0 Å². The highest BCUT2D eigenvalue weighted by atomic mass is 16.3. The molecule has 0 bridgehead atoms. The van der Waals surface area contributed by atoms with Crippen molar-refractivity contribution in [2.24, 2.45) is 0 Å². The van der Waals surface area contributed by atoms with Crippen LogP contribution in [0, 0.1) is 13.8 Å². The van der Waals surface area contributed by atoms with Gasteiger partial charge in [-0.25, -0.2) is 4.79 Å². The third-order valence-corrected chi connectivity index (χ3v) is 5.37. The maximum Gasteiger partial charge on any atom is 0.347 e. The van der Waals surface area contributed by atoms with E-state index in [9.17, 15) is 14.7 Å². The summed E-state index contributed by atoms with van der Waals surface area (Å²) < 4.78 is 1.54. The summed E-state index contributed by atoms with van der Waals surface area (Å²) in [6, 6.07) is 1.90. The molecule has 3 heterocycles. The lowest BCUT2D eigenvalue weighted by Gasteiger charge is -2.33. The van der Waals surface area contributed by atoms with Crippen LogP contribution in [0.1, 0.15) is 37.1 Å². The number of β-amino-alcohol motifs (C(OH)–C–C–N with tert-alkyl or cyclic N) is 1. The van der Waals surface area contributed by atoms with E-state index in [1.165, 1.54) is 19.3 Å². The van der Waals surface area contributed by atoms with Crippen molar-refractivity contribution < 1.29 is 9.90 Å². The Morgan fingerprint density at radius 2 is 1.96 bits per heavy atom. The summed E-state index contributed by atoms with van der Waals surface area (Å²) in [7, 11) is 0. The SMILES string of the molecule is Cc1cc(C)n(CCC(=O)N2C[C@H](O)[C@@H](N3CCCCC3)C2)c(=O)n1. The van der Waals surface area contributed by atoms with Gasteiger partial charge in [0.05, 0.1) is 12.1 Å². The number of hydrogen-bond donors (Lipinski definition) is 1. The van der Waals surface area contributed by atoms with E-state index in [2.05, 4.69) is 9.88 Å². The number of nitrogens with zero attached hydrogens (tertiary/aromatic N) is 4. The van der Waals surface area contributed by atoms with E-state index < -0.39 is 6.10 Å². The van der Waals surface area contributed by atoms with Crippen LogP contribution in [-0.2, 0) is 11.3 Å². The first kappa shape index (κ1) is 18.1. The molecule has 0 saturated carbocycles. The van der Waals surface area contributed by atoms with Gasteiger partial charge in [0.1, 0.15) is 0 Å². The fraction of sp³-hybridized carbons (Fsp3) is 0.722. The zero-order valence-corrected chi connectivity index (χ0v) is 15.1. The van der Waals surface area contributed by atoms with Crippen LogP contribution >= 0.6 is 0 Å². The Bertz CT molecular complexity index is 681. The summed E-state index contributed by atoms with van der Waals surface area (Å²) in [5.41, 5.74) is 1.20. The molecule has 2 aliphatic rings. The number of amides is 1. The molecule has 25 heavy (non-hydrogen) atoms. The number of aliphatic hydroxyl groups excluding tert-OH is 1. The van der Waals surface area contributed by atoms with Gasteiger partial charge in [0.25, 0.3) is 0 Å². The molecule has 138 valence electrons. The fourth-order valence-electron chi connectivity index (χ4n) is 3.99. The first-order valence-corrected chi connectivity index (χ1v) is 9.20. The smallest absolute Gasteiger partial charge is 0.347 e. The maximum atomic E-state index is 12.5. The van der Waals surface area contributed by atoms with E-state index in [0.717, 1.165) is 18.8 Å². The summed E-state index contributed by atoms with van der Waals surface area (Å²) in [5.74, 6) is -0.00886. The van der Waals surface area contributed by atoms with Gasteiger partial charge in [-0.15, -0.1) is 0 Å². The highest BCUT2D eigenvalue weighted by Gasteiger charge is 2.37. The number of aromatic nitrogens is 2. The van der Waals surface area contributed by atoms with Crippen LogP contribution in [0.2, 0.25) is 0 Å². The summed E-state index contributed by atoms with van der Waals surface area (Å²) in [6.07, 6.45) is 3.36. The lowest BCUT2D eigenvalue weighted by molar-refractivity contribution is -0.130. The lowest BCUT2D eigenvalue weighted by Crippen LogP contribution is -2.46. The number of carbonyl (C=O) groups excluding carboxylic acids is 1. The Hall–Kier alpha value is -1.73. The number of rotatable bonds is 4. The Morgan fingerprint density at radius 3 is 2.64 bits per heavy atom. The topological polar surface area (TPSA) is 78.7 Å². The molecule has 2 fully saturated rings. The number of likely N-dealkylation sites (tertiary alicyclic amines) is 2. The quantitative estimate of drug-likeness (QED) is 0.847. The second kappa shape index (κ2) is 7.66. The molecule has 0 aliphatic carbocycles. The lowest BCUT2D eigenvalue weighted by atomic mass is 10.1. The van der Waals surface area contributed by atoms with Gasteiger partial charge in [0, 0.05) is 37.4 Å². The van der Waals surface area contributed by atoms with Crippen molar-refractivity contribution in [2.45, 2.75) is 58.2 Å². The molecule has 2 atom stereocenters. The molecule has 1 N–H and O–H groups in total. The van der Waals surface area contributed by atoms with Crippen molar-refractivity contribution in [3.63, 3.8) is 0 Å². The summed E-state index contributed by atoms with van der Waals surface area (Å²) >= 11 is 0. The standard InChI is InChI=1S/C18H28N4O3/c1-13-10-14(2)22(18(25)19-13)9-6-17(24)21-11-15(16(23)12-21)20-7-4-3-5-8-20/h10,15-16,23H,3-9,11-12H2,1-2H3/t15-,16-/m0/s1. The van der Waals surface area contributed by atoms with Gasteiger partial charge in [-0.05, 0) is 45.8 Å². The Morgan fingerprint density at radius 1 is 1.24 bits per heavy atom. The maximum absolute atomic E-state index is 12.5. The Kier molecular flexibility index (Phi) is 5.54. The first-order chi connectivity index (χ1) is 12.0. The van der Waals surface area contributed by atoms with Crippen LogP contribution in [0.4, 0.5) is 0 Å². The monoisotopic (exact) mass is 348 g/mol. The van der Waals surface area contributed by atoms with Crippen molar-refractivity contribution in [1.29, 1.82) is 0 Å². The van der Waals surface area contributed by atoms with Crippen LogP contribution in [0.15, 0.2) is 10.9 Å². The van der Waals surface area contributed by atoms with Crippen molar-refractivity contribution in [1.82, 2.24) is 19.4 Å². The Balaban J connectivity index is 1.58. The van der Waals surface area contributed by atoms with Gasteiger partial charge in [-0.3, -0.25) is 14.3 Å². The number of hydrogen-bond acceptors (Lipinski definition) is 5. The van der Waals surface area contributed by atoms with Crippen molar-refractivity contribution in [3.8, 4) is 0 Å². The molecule has 1 aromatic heterocycles. The summed E-state index contributed by atoms with van der Waals surface area (Å²) in [4.78, 5) is 32.5. The molecule has 2 saturated heterocycles. The van der Waals surface area contributed by atoms with Crippen LogP contribution in [-0.4, -0.2) is 68.7 Å². The highest BCUT2D eigenvalue weighted by molar-refractivity contribution is 5.76. The van der Waals surface area contributed by atoms with Crippen molar-refractivity contribution in [3.05, 3.63) is 27.9 Å². The minimum atomic E-state index is -0.479. The zero-order chi connectivity index (χ0) is 18.0. The van der Waals surface area contributed by atoms with Gasteiger partial charge in [0.15, 0.2) is 0 Å². The molecule has 7 nitrogen and oxygen atoms in total. The number of aryl methyl sites for hydroxylation is 2. The molecule has 0 spiro atoms. The average molecular weight is 348 g/mol. The molecule has 2 aliphatic heterocycles. The van der Waals surface area contributed by atoms with E-state index in [4.69, 9.17) is 0 Å². The summed E-state index contributed by atoms with van der Waals surface area (Å²) in [6.45, 7) is 6.96. The second-order valence-corrected chi connectivity index (χ2v) is 7.25. The molecule has 0 aromatic carbocycles. The van der Waals surface area contributed by atoms with E-state index in [1.807, 2.05) is 13.0 Å². The van der Waals surface area contributed by atoms with Gasteiger partial charge < -0.3 is 10.0 Å². The normalized spacial score (nSPS) is 24.7. The number of piperidine rings is 1. The third-order valence-electron chi connectivity index (χ3n) is 5.37. The van der Waals surface area contributed by atoms with Crippen molar-refractivity contribution >= 4 is 5.91 Å². The second-order valence-electron chi connectivity index (χ2n) is 7.25. The van der Waals surface area contributed by atoms with E-state index in [-0.39, 0.29) is 24.1 Å². The average Bonchev–Trinajstić information content (AvgIpc) is 2.96. The third kappa shape index (κ3) is 4.10. The molecule has 1 amide bonds. The van der Waals surface area contributed by atoms with E-state index >= 15 is 0 Å². The van der Waals surface area contributed by atoms with Gasteiger partial charge >= 0.3 is 5.69 Å². The molecule has 0 radical (unpaired) electrons. The predicted molar refractivity (Wildman–Crippen MR) is 94.4 cm³/mol. The minimum absolute atomic E-state index is 0.00886. The molecule has 3 rings (SSSR count). The van der Waals surface area contributed by atoms with Gasteiger partial charge in [-0.1, -0.05) is 6.42 Å². The molecule has 1 aromatic rings.